The summed E-state index contributed by atoms with van der Waals surface area (Å²) < 4.78 is 10.6. The Hall–Kier alpha value is -0.870. The predicted octanol–water partition coefficient (Wildman–Crippen LogP) is 2.45. The fourth-order valence-corrected chi connectivity index (χ4v) is 2.19. The minimum atomic E-state index is -1.46. The smallest absolute Gasteiger partial charge is 0.321 e. The SMILES string of the molecule is CC(C)(C(=O)O)S(=O)Cc1ccc(Cl)cc1. The molecule has 0 radical (unpaired) electrons. The Morgan fingerprint density at radius 3 is 2.31 bits per heavy atom. The number of hydrogen-bond acceptors (Lipinski definition) is 2. The second-order valence-corrected chi connectivity index (χ2v) is 6.37. The number of hydrogen-bond donors (Lipinski definition) is 1. The minimum Gasteiger partial charge on any atom is -0.480 e. The van der Waals surface area contributed by atoms with Gasteiger partial charge in [0.2, 0.25) is 0 Å². The summed E-state index contributed by atoms with van der Waals surface area (Å²) in [6.45, 7) is 2.92. The topological polar surface area (TPSA) is 54.4 Å². The van der Waals surface area contributed by atoms with Crippen LogP contribution in [0.2, 0.25) is 5.02 Å². The summed E-state index contributed by atoms with van der Waals surface area (Å²) in [5.41, 5.74) is 0.817. The third-order valence-electron chi connectivity index (χ3n) is 2.30. The normalized spacial score (nSPS) is 13.4. The standard InChI is InChI=1S/C11H13ClO3S/c1-11(2,10(13)14)16(15)7-8-3-5-9(12)6-4-8/h3-6H,7H2,1-2H3,(H,13,14). The van der Waals surface area contributed by atoms with Crippen LogP contribution in [-0.4, -0.2) is 20.0 Å². The van der Waals surface area contributed by atoms with Gasteiger partial charge in [-0.1, -0.05) is 23.7 Å². The Labute approximate surface area is 102 Å². The van der Waals surface area contributed by atoms with Crippen molar-refractivity contribution in [3.05, 3.63) is 34.9 Å². The average molecular weight is 261 g/mol. The van der Waals surface area contributed by atoms with Crippen LogP contribution in [0.1, 0.15) is 19.4 Å². The van der Waals surface area contributed by atoms with Crippen molar-refractivity contribution < 1.29 is 14.1 Å². The molecule has 0 saturated carbocycles. The van der Waals surface area contributed by atoms with Crippen molar-refractivity contribution in [3.8, 4) is 0 Å². The molecule has 0 fully saturated rings. The van der Waals surface area contributed by atoms with E-state index in [1.54, 1.807) is 24.3 Å². The number of carboxylic acids is 1. The van der Waals surface area contributed by atoms with E-state index in [1.165, 1.54) is 13.8 Å². The van der Waals surface area contributed by atoms with Gasteiger partial charge in [-0.25, -0.2) is 0 Å². The Morgan fingerprint density at radius 1 is 1.38 bits per heavy atom. The highest BCUT2D eigenvalue weighted by atomic mass is 35.5. The van der Waals surface area contributed by atoms with E-state index < -0.39 is 21.5 Å². The molecular weight excluding hydrogens is 248 g/mol. The molecule has 0 spiro atoms. The van der Waals surface area contributed by atoms with Gasteiger partial charge >= 0.3 is 5.97 Å². The lowest BCUT2D eigenvalue weighted by Crippen LogP contribution is -2.37. The molecule has 0 heterocycles. The maximum absolute atomic E-state index is 11.9. The van der Waals surface area contributed by atoms with Gasteiger partial charge in [-0.2, -0.15) is 0 Å². The minimum absolute atomic E-state index is 0.219. The molecule has 0 aliphatic heterocycles. The number of carboxylic acid groups (broad SMARTS) is 1. The van der Waals surface area contributed by atoms with E-state index in [9.17, 15) is 9.00 Å². The first-order chi connectivity index (χ1) is 7.34. The maximum atomic E-state index is 11.9. The van der Waals surface area contributed by atoms with Crippen LogP contribution in [-0.2, 0) is 21.3 Å². The van der Waals surface area contributed by atoms with Crippen molar-refractivity contribution in [2.75, 3.05) is 0 Å². The molecule has 0 amide bonds. The maximum Gasteiger partial charge on any atom is 0.321 e. The molecule has 16 heavy (non-hydrogen) atoms. The van der Waals surface area contributed by atoms with Crippen molar-refractivity contribution in [1.29, 1.82) is 0 Å². The first kappa shape index (κ1) is 13.2. The number of benzene rings is 1. The first-order valence-electron chi connectivity index (χ1n) is 4.70. The van der Waals surface area contributed by atoms with Crippen LogP contribution in [0.4, 0.5) is 0 Å². The van der Waals surface area contributed by atoms with Crippen molar-refractivity contribution >= 4 is 28.4 Å². The average Bonchev–Trinajstić information content (AvgIpc) is 2.21. The molecule has 3 nitrogen and oxygen atoms in total. The molecule has 1 atom stereocenters. The first-order valence-corrected chi connectivity index (χ1v) is 6.40. The molecule has 0 saturated heterocycles. The third-order valence-corrected chi connectivity index (χ3v) is 4.46. The highest BCUT2D eigenvalue weighted by molar-refractivity contribution is 7.86. The van der Waals surface area contributed by atoms with E-state index >= 15 is 0 Å². The van der Waals surface area contributed by atoms with Gasteiger partial charge in [-0.15, -0.1) is 0 Å². The van der Waals surface area contributed by atoms with Gasteiger partial charge in [0, 0.05) is 21.6 Å². The zero-order chi connectivity index (χ0) is 12.3. The summed E-state index contributed by atoms with van der Waals surface area (Å²) in [5.74, 6) is -0.837. The highest BCUT2D eigenvalue weighted by Crippen LogP contribution is 2.18. The van der Waals surface area contributed by atoms with E-state index in [2.05, 4.69) is 0 Å². The molecule has 1 N–H and O–H groups in total. The van der Waals surface area contributed by atoms with E-state index in [0.29, 0.717) is 5.02 Å². The molecule has 5 heteroatoms. The van der Waals surface area contributed by atoms with Crippen LogP contribution in [0.25, 0.3) is 0 Å². The van der Waals surface area contributed by atoms with E-state index in [4.69, 9.17) is 16.7 Å². The molecule has 0 bridgehead atoms. The van der Waals surface area contributed by atoms with Gasteiger partial charge in [-0.3, -0.25) is 9.00 Å². The van der Waals surface area contributed by atoms with E-state index in [0.717, 1.165) is 5.56 Å². The predicted molar refractivity (Wildman–Crippen MR) is 65.0 cm³/mol. The second kappa shape index (κ2) is 4.97. The number of rotatable bonds is 4. The second-order valence-electron chi connectivity index (χ2n) is 3.93. The summed E-state index contributed by atoms with van der Waals surface area (Å²) in [6, 6.07) is 6.89. The van der Waals surface area contributed by atoms with Crippen LogP contribution >= 0.6 is 11.6 Å². The van der Waals surface area contributed by atoms with Gasteiger partial charge in [0.1, 0.15) is 4.75 Å². The van der Waals surface area contributed by atoms with Crippen LogP contribution < -0.4 is 0 Å². The number of aliphatic carboxylic acids is 1. The van der Waals surface area contributed by atoms with Gasteiger partial charge < -0.3 is 5.11 Å². The zero-order valence-electron chi connectivity index (χ0n) is 9.07. The van der Waals surface area contributed by atoms with Crippen molar-refractivity contribution in [1.82, 2.24) is 0 Å². The Balaban J connectivity index is 2.79. The molecule has 0 aliphatic rings. The van der Waals surface area contributed by atoms with Crippen LogP contribution in [0.15, 0.2) is 24.3 Å². The van der Waals surface area contributed by atoms with Gasteiger partial charge in [0.15, 0.2) is 0 Å². The largest absolute Gasteiger partial charge is 0.480 e. The molecule has 1 aromatic rings. The van der Waals surface area contributed by atoms with Crippen LogP contribution in [0, 0.1) is 0 Å². The molecule has 1 aromatic carbocycles. The lowest BCUT2D eigenvalue weighted by Gasteiger charge is -2.18. The van der Waals surface area contributed by atoms with Crippen LogP contribution in [0.5, 0.6) is 0 Å². The van der Waals surface area contributed by atoms with Gasteiger partial charge in [-0.05, 0) is 31.5 Å². The molecule has 1 rings (SSSR count). The summed E-state index contributed by atoms with van der Waals surface area (Å²) in [6.07, 6.45) is 0. The quantitative estimate of drug-likeness (QED) is 0.905. The molecule has 0 aliphatic carbocycles. The zero-order valence-corrected chi connectivity index (χ0v) is 10.6. The fraction of sp³-hybridized carbons (Fsp3) is 0.364. The Kier molecular flexibility index (Phi) is 4.10. The summed E-state index contributed by atoms with van der Waals surface area (Å²) in [7, 11) is -1.46. The molecule has 1 unspecified atom stereocenters. The monoisotopic (exact) mass is 260 g/mol. The van der Waals surface area contributed by atoms with Crippen molar-refractivity contribution in [2.24, 2.45) is 0 Å². The Bertz CT molecular complexity index is 412. The van der Waals surface area contributed by atoms with Gasteiger partial charge in [0.05, 0.1) is 0 Å². The fourth-order valence-electron chi connectivity index (χ4n) is 1.01. The number of halogens is 1. The van der Waals surface area contributed by atoms with Crippen molar-refractivity contribution in [2.45, 2.75) is 24.3 Å². The van der Waals surface area contributed by atoms with Crippen molar-refractivity contribution in [3.63, 3.8) is 0 Å². The summed E-state index contributed by atoms with van der Waals surface area (Å²) >= 11 is 5.72. The molecule has 88 valence electrons. The molecule has 0 aromatic heterocycles. The van der Waals surface area contributed by atoms with E-state index in [1.807, 2.05) is 0 Å². The Morgan fingerprint density at radius 2 is 1.88 bits per heavy atom. The molecular formula is C11H13ClO3S. The third kappa shape index (κ3) is 3.06. The summed E-state index contributed by atoms with van der Waals surface area (Å²) in [4.78, 5) is 10.9. The lowest BCUT2D eigenvalue weighted by atomic mass is 10.2. The highest BCUT2D eigenvalue weighted by Gasteiger charge is 2.34. The van der Waals surface area contributed by atoms with Crippen LogP contribution in [0.3, 0.4) is 0 Å². The lowest BCUT2D eigenvalue weighted by molar-refractivity contribution is -0.139. The van der Waals surface area contributed by atoms with E-state index in [-0.39, 0.29) is 5.75 Å². The van der Waals surface area contributed by atoms with Gasteiger partial charge in [0.25, 0.3) is 0 Å². The number of carbonyl (C=O) groups is 1. The summed E-state index contributed by atoms with van der Waals surface area (Å²) in [5, 5.41) is 9.52.